The van der Waals surface area contributed by atoms with Crippen molar-refractivity contribution in [2.24, 2.45) is 0 Å². The van der Waals surface area contributed by atoms with Crippen LogP contribution in [0.5, 0.6) is 0 Å². The Hall–Kier alpha value is -1.77. The predicted molar refractivity (Wildman–Crippen MR) is 71.3 cm³/mol. The molecule has 0 fully saturated rings. The van der Waals surface area contributed by atoms with Gasteiger partial charge in [-0.3, -0.25) is 0 Å². The number of imidazole rings is 1. The van der Waals surface area contributed by atoms with E-state index in [0.29, 0.717) is 0 Å². The largest absolute Gasteiger partial charge is 0.356 e. The molecule has 0 radical (unpaired) electrons. The minimum absolute atomic E-state index is 0.869. The highest BCUT2D eigenvalue weighted by Crippen LogP contribution is 2.11. The highest BCUT2D eigenvalue weighted by molar-refractivity contribution is 5.30. The van der Waals surface area contributed by atoms with Gasteiger partial charge in [-0.05, 0) is 18.9 Å². The van der Waals surface area contributed by atoms with E-state index in [1.165, 1.54) is 5.56 Å². The van der Waals surface area contributed by atoms with Crippen LogP contribution in [0.2, 0.25) is 0 Å². The van der Waals surface area contributed by atoms with E-state index in [9.17, 15) is 0 Å². The molecule has 0 aliphatic heterocycles. The molecule has 0 aliphatic rings. The second-order valence-electron chi connectivity index (χ2n) is 4.25. The number of aryl methyl sites for hydroxylation is 1. The van der Waals surface area contributed by atoms with Gasteiger partial charge >= 0.3 is 0 Å². The highest BCUT2D eigenvalue weighted by Gasteiger charge is 2.04. The number of hydrogen-bond acceptors (Lipinski definition) is 2. The number of anilines is 1. The summed E-state index contributed by atoms with van der Waals surface area (Å²) in [6, 6.07) is 10.5. The zero-order valence-electron chi connectivity index (χ0n) is 10.5. The third-order valence-corrected chi connectivity index (χ3v) is 2.63. The molecule has 1 aromatic heterocycles. The summed E-state index contributed by atoms with van der Waals surface area (Å²) in [6.07, 6.45) is 3.20. The fourth-order valence-corrected chi connectivity index (χ4v) is 1.83. The molecule has 90 valence electrons. The van der Waals surface area contributed by atoms with E-state index in [0.717, 1.165) is 31.2 Å². The first-order valence-corrected chi connectivity index (χ1v) is 6.11. The third kappa shape index (κ3) is 3.09. The zero-order chi connectivity index (χ0) is 12.1. The maximum Gasteiger partial charge on any atom is 0.203 e. The Morgan fingerprint density at radius 1 is 1.24 bits per heavy atom. The van der Waals surface area contributed by atoms with Gasteiger partial charge in [0, 0.05) is 12.7 Å². The molecule has 2 rings (SSSR count). The lowest BCUT2D eigenvalue weighted by Gasteiger charge is -2.08. The van der Waals surface area contributed by atoms with Crippen LogP contribution in [-0.4, -0.2) is 16.1 Å². The topological polar surface area (TPSA) is 29.9 Å². The van der Waals surface area contributed by atoms with Gasteiger partial charge in [0.25, 0.3) is 0 Å². The molecular weight excluding hydrogens is 210 g/mol. The van der Waals surface area contributed by atoms with Gasteiger partial charge in [0.15, 0.2) is 0 Å². The van der Waals surface area contributed by atoms with Gasteiger partial charge < -0.3 is 9.88 Å². The summed E-state index contributed by atoms with van der Waals surface area (Å²) in [5, 5.41) is 3.36. The molecule has 2 aromatic rings. The smallest absolute Gasteiger partial charge is 0.203 e. The number of benzene rings is 1. The third-order valence-electron chi connectivity index (χ3n) is 2.63. The molecule has 1 aromatic carbocycles. The Morgan fingerprint density at radius 2 is 2.00 bits per heavy atom. The summed E-state index contributed by atoms with van der Waals surface area (Å²) in [5.41, 5.74) is 2.35. The highest BCUT2D eigenvalue weighted by atomic mass is 15.2. The van der Waals surface area contributed by atoms with Crippen molar-refractivity contribution in [2.45, 2.75) is 26.8 Å². The van der Waals surface area contributed by atoms with E-state index in [1.54, 1.807) is 0 Å². The summed E-state index contributed by atoms with van der Waals surface area (Å²) in [7, 11) is 0. The van der Waals surface area contributed by atoms with Gasteiger partial charge in [0.1, 0.15) is 0 Å². The first-order valence-electron chi connectivity index (χ1n) is 6.11. The number of aromatic nitrogens is 2. The molecule has 0 aliphatic carbocycles. The summed E-state index contributed by atoms with van der Waals surface area (Å²) < 4.78 is 2.17. The van der Waals surface area contributed by atoms with E-state index < -0.39 is 0 Å². The van der Waals surface area contributed by atoms with Crippen molar-refractivity contribution in [1.29, 1.82) is 0 Å². The average molecular weight is 229 g/mol. The second kappa shape index (κ2) is 5.53. The summed E-state index contributed by atoms with van der Waals surface area (Å²) in [6.45, 7) is 6.02. The molecular formula is C14H19N3. The van der Waals surface area contributed by atoms with E-state index >= 15 is 0 Å². The van der Waals surface area contributed by atoms with Gasteiger partial charge in [-0.15, -0.1) is 0 Å². The van der Waals surface area contributed by atoms with E-state index in [2.05, 4.69) is 52.3 Å². The Labute approximate surface area is 103 Å². The van der Waals surface area contributed by atoms with Crippen LogP contribution in [0, 0.1) is 6.92 Å². The van der Waals surface area contributed by atoms with Crippen LogP contribution in [0.15, 0.2) is 36.5 Å². The Kier molecular flexibility index (Phi) is 3.81. The summed E-state index contributed by atoms with van der Waals surface area (Å²) in [5.74, 6) is 0.966. The number of hydrogen-bond donors (Lipinski definition) is 1. The van der Waals surface area contributed by atoms with Crippen molar-refractivity contribution in [2.75, 3.05) is 11.9 Å². The van der Waals surface area contributed by atoms with E-state index in [4.69, 9.17) is 0 Å². The van der Waals surface area contributed by atoms with Crippen molar-refractivity contribution in [3.63, 3.8) is 0 Å². The van der Waals surface area contributed by atoms with E-state index in [1.807, 2.05) is 13.0 Å². The van der Waals surface area contributed by atoms with Gasteiger partial charge in [0.05, 0.1) is 12.2 Å². The molecule has 17 heavy (non-hydrogen) atoms. The molecule has 3 heteroatoms. The zero-order valence-corrected chi connectivity index (χ0v) is 10.5. The number of nitrogens with zero attached hydrogens (tertiary/aromatic N) is 2. The Morgan fingerprint density at radius 3 is 2.71 bits per heavy atom. The quantitative estimate of drug-likeness (QED) is 0.854. The molecule has 0 saturated heterocycles. The number of rotatable bonds is 5. The van der Waals surface area contributed by atoms with Crippen molar-refractivity contribution >= 4 is 5.95 Å². The molecule has 3 nitrogen and oxygen atoms in total. The van der Waals surface area contributed by atoms with E-state index in [-0.39, 0.29) is 0 Å². The maximum atomic E-state index is 4.50. The standard InChI is InChI=1S/C14H19N3/c1-3-9-15-14-16-12(2)10-17(14)11-13-7-5-4-6-8-13/h4-8,10H,3,9,11H2,1-2H3,(H,15,16). The van der Waals surface area contributed by atoms with Crippen molar-refractivity contribution in [3.05, 3.63) is 47.8 Å². The minimum Gasteiger partial charge on any atom is -0.356 e. The van der Waals surface area contributed by atoms with Crippen molar-refractivity contribution < 1.29 is 0 Å². The molecule has 0 bridgehead atoms. The maximum absolute atomic E-state index is 4.50. The normalized spacial score (nSPS) is 10.5. The molecule has 0 unspecified atom stereocenters. The molecule has 1 heterocycles. The first-order chi connectivity index (χ1) is 8.29. The van der Waals surface area contributed by atoms with Gasteiger partial charge in [0.2, 0.25) is 5.95 Å². The van der Waals surface area contributed by atoms with Crippen LogP contribution < -0.4 is 5.32 Å². The number of nitrogens with one attached hydrogen (secondary N) is 1. The molecule has 0 amide bonds. The predicted octanol–water partition coefficient (Wildman–Crippen LogP) is 3.06. The monoisotopic (exact) mass is 229 g/mol. The summed E-state index contributed by atoms with van der Waals surface area (Å²) >= 11 is 0. The second-order valence-corrected chi connectivity index (χ2v) is 4.25. The van der Waals surface area contributed by atoms with Crippen LogP contribution in [0.4, 0.5) is 5.95 Å². The van der Waals surface area contributed by atoms with Crippen LogP contribution in [0.25, 0.3) is 0 Å². The first kappa shape index (κ1) is 11.7. The minimum atomic E-state index is 0.869. The van der Waals surface area contributed by atoms with Crippen LogP contribution in [-0.2, 0) is 6.54 Å². The van der Waals surface area contributed by atoms with Crippen molar-refractivity contribution in [1.82, 2.24) is 9.55 Å². The van der Waals surface area contributed by atoms with Crippen LogP contribution >= 0.6 is 0 Å². The molecule has 1 N–H and O–H groups in total. The lowest BCUT2D eigenvalue weighted by molar-refractivity contribution is 0.792. The van der Waals surface area contributed by atoms with Gasteiger partial charge in [-0.2, -0.15) is 0 Å². The summed E-state index contributed by atoms with van der Waals surface area (Å²) in [4.78, 5) is 4.50. The Balaban J connectivity index is 2.14. The molecule has 0 spiro atoms. The van der Waals surface area contributed by atoms with Crippen LogP contribution in [0.1, 0.15) is 24.6 Å². The molecule has 0 saturated carbocycles. The fourth-order valence-electron chi connectivity index (χ4n) is 1.83. The van der Waals surface area contributed by atoms with Crippen LogP contribution in [0.3, 0.4) is 0 Å². The Bertz CT molecular complexity index is 460. The van der Waals surface area contributed by atoms with Crippen molar-refractivity contribution in [3.8, 4) is 0 Å². The lowest BCUT2D eigenvalue weighted by Crippen LogP contribution is -2.08. The fraction of sp³-hybridized carbons (Fsp3) is 0.357. The molecule has 0 atom stereocenters. The SMILES string of the molecule is CCCNc1nc(C)cn1Cc1ccccc1. The van der Waals surface area contributed by atoms with Gasteiger partial charge in [-0.25, -0.2) is 4.98 Å². The average Bonchev–Trinajstić information content (AvgIpc) is 2.68. The lowest BCUT2D eigenvalue weighted by atomic mass is 10.2. The van der Waals surface area contributed by atoms with Gasteiger partial charge in [-0.1, -0.05) is 37.3 Å².